The van der Waals surface area contributed by atoms with Crippen LogP contribution in [-0.2, 0) is 9.59 Å². The van der Waals surface area contributed by atoms with E-state index in [-0.39, 0.29) is 22.6 Å². The van der Waals surface area contributed by atoms with E-state index in [9.17, 15) is 19.2 Å². The molecular weight excluding hydrogens is 429 g/mol. The second-order valence-corrected chi connectivity index (χ2v) is 11.6. The third-order valence-electron chi connectivity index (χ3n) is 9.82. The number of benzene rings is 1. The lowest BCUT2D eigenvalue weighted by atomic mass is 9.48. The minimum Gasteiger partial charge on any atom is -0.324 e. The third-order valence-corrected chi connectivity index (χ3v) is 9.82. The molecule has 1 N–H and O–H groups in total. The number of rotatable bonds is 2. The second kappa shape index (κ2) is 7.93. The Kier molecular flexibility index (Phi) is 5.39. The zero-order valence-corrected chi connectivity index (χ0v) is 20.6. The highest BCUT2D eigenvalue weighted by molar-refractivity contribution is 6.08. The molecule has 1 aliphatic heterocycles. The van der Waals surface area contributed by atoms with Crippen LogP contribution < -0.4 is 5.32 Å². The molecule has 0 radical (unpaired) electrons. The van der Waals surface area contributed by atoms with Crippen LogP contribution in [-0.4, -0.2) is 23.8 Å². The first-order valence-electron chi connectivity index (χ1n) is 12.6. The van der Waals surface area contributed by atoms with Crippen molar-refractivity contribution in [3.05, 3.63) is 40.8 Å². The molecule has 34 heavy (non-hydrogen) atoms. The van der Waals surface area contributed by atoms with Crippen LogP contribution in [0.1, 0.15) is 71.3 Å². The number of nitriles is 1. The summed E-state index contributed by atoms with van der Waals surface area (Å²) in [6.07, 6.45) is 7.73. The van der Waals surface area contributed by atoms with Gasteiger partial charge in [0, 0.05) is 18.2 Å². The highest BCUT2D eigenvalue weighted by Gasteiger charge is 2.60. The van der Waals surface area contributed by atoms with Crippen LogP contribution in [0.25, 0.3) is 0 Å². The van der Waals surface area contributed by atoms with Gasteiger partial charge in [-0.2, -0.15) is 5.26 Å². The fraction of sp³-hybridized carbons (Fsp3) is 0.607. The summed E-state index contributed by atoms with van der Waals surface area (Å²) in [5.74, 6) is -0.486. The molecule has 0 aromatic heterocycles. The van der Waals surface area contributed by atoms with Gasteiger partial charge in [-0.25, -0.2) is 4.39 Å². The molecule has 5 nitrogen and oxygen atoms in total. The number of allylic oxidation sites excluding steroid dienone is 2. The SMILES string of the molecule is CC1=C2N(C)C(=O)C(C(=O)Nc3cccc(F)c3C#N)C[C@]2(C)[C@@H]2CC[C@]3(C)CCC[C@H]3[C@@H]2C1. The lowest BCUT2D eigenvalue weighted by Crippen LogP contribution is -2.57. The summed E-state index contributed by atoms with van der Waals surface area (Å²) in [6, 6.07) is 5.97. The molecule has 1 unspecified atom stereocenters. The molecule has 2 saturated carbocycles. The zero-order chi connectivity index (χ0) is 24.4. The molecule has 1 saturated heterocycles. The zero-order valence-electron chi connectivity index (χ0n) is 20.6. The monoisotopic (exact) mass is 463 g/mol. The van der Waals surface area contributed by atoms with Gasteiger partial charge >= 0.3 is 0 Å². The van der Waals surface area contributed by atoms with E-state index in [1.807, 2.05) is 6.07 Å². The molecule has 1 heterocycles. The van der Waals surface area contributed by atoms with Crippen molar-refractivity contribution in [3.8, 4) is 6.07 Å². The molecule has 1 aromatic carbocycles. The predicted molar refractivity (Wildman–Crippen MR) is 128 cm³/mol. The van der Waals surface area contributed by atoms with Crippen LogP contribution in [0.4, 0.5) is 10.1 Å². The van der Waals surface area contributed by atoms with Gasteiger partial charge < -0.3 is 10.2 Å². The number of likely N-dealkylation sites (tertiary alicyclic amines) is 1. The number of hydrogen-bond donors (Lipinski definition) is 1. The number of carbonyl (C=O) groups excluding carboxylic acids is 2. The van der Waals surface area contributed by atoms with Crippen molar-refractivity contribution in [2.24, 2.45) is 34.5 Å². The molecule has 0 spiro atoms. The summed E-state index contributed by atoms with van der Waals surface area (Å²) < 4.78 is 14.1. The van der Waals surface area contributed by atoms with Crippen molar-refractivity contribution < 1.29 is 14.0 Å². The molecule has 1 aromatic rings. The maximum Gasteiger partial charge on any atom is 0.239 e. The van der Waals surface area contributed by atoms with Gasteiger partial charge in [-0.3, -0.25) is 9.59 Å². The summed E-state index contributed by atoms with van der Waals surface area (Å²) in [7, 11) is 1.80. The molecule has 3 aliphatic carbocycles. The highest BCUT2D eigenvalue weighted by atomic mass is 19.1. The quantitative estimate of drug-likeness (QED) is 0.578. The number of halogens is 1. The summed E-state index contributed by atoms with van der Waals surface area (Å²) in [6.45, 7) is 6.89. The van der Waals surface area contributed by atoms with Gasteiger partial charge in [0.25, 0.3) is 0 Å². The van der Waals surface area contributed by atoms with Crippen molar-refractivity contribution in [3.63, 3.8) is 0 Å². The smallest absolute Gasteiger partial charge is 0.239 e. The van der Waals surface area contributed by atoms with Crippen molar-refractivity contribution in [1.29, 1.82) is 5.26 Å². The number of hydrogen-bond acceptors (Lipinski definition) is 3. The number of amides is 2. The van der Waals surface area contributed by atoms with Crippen LogP contribution in [0.3, 0.4) is 0 Å². The van der Waals surface area contributed by atoms with E-state index in [4.69, 9.17) is 0 Å². The summed E-state index contributed by atoms with van der Waals surface area (Å²) in [5.41, 5.74) is 2.46. The van der Waals surface area contributed by atoms with Crippen molar-refractivity contribution >= 4 is 17.5 Å². The molecule has 0 bridgehead atoms. The molecule has 180 valence electrons. The van der Waals surface area contributed by atoms with Gasteiger partial charge in [0.15, 0.2) is 0 Å². The van der Waals surface area contributed by atoms with E-state index in [1.54, 1.807) is 11.9 Å². The van der Waals surface area contributed by atoms with Crippen LogP contribution in [0, 0.1) is 51.6 Å². The Morgan fingerprint density at radius 2 is 2.00 bits per heavy atom. The van der Waals surface area contributed by atoms with Crippen molar-refractivity contribution in [1.82, 2.24) is 4.90 Å². The molecule has 4 aliphatic rings. The summed E-state index contributed by atoms with van der Waals surface area (Å²) in [4.78, 5) is 28.5. The third kappa shape index (κ3) is 3.23. The maximum atomic E-state index is 14.1. The van der Waals surface area contributed by atoms with Crippen LogP contribution in [0.15, 0.2) is 29.5 Å². The molecule has 5 rings (SSSR count). The van der Waals surface area contributed by atoms with E-state index in [0.29, 0.717) is 29.6 Å². The molecule has 3 fully saturated rings. The van der Waals surface area contributed by atoms with Crippen LogP contribution >= 0.6 is 0 Å². The van der Waals surface area contributed by atoms with Gasteiger partial charge in [-0.05, 0) is 80.8 Å². The van der Waals surface area contributed by atoms with Gasteiger partial charge in [0.1, 0.15) is 23.4 Å². The van der Waals surface area contributed by atoms with Crippen LogP contribution in [0.2, 0.25) is 0 Å². The average molecular weight is 464 g/mol. The Bertz CT molecular complexity index is 1140. The number of carbonyl (C=O) groups is 2. The average Bonchev–Trinajstić information content (AvgIpc) is 3.18. The van der Waals surface area contributed by atoms with E-state index in [2.05, 4.69) is 26.1 Å². The molecule has 2 amide bonds. The highest BCUT2D eigenvalue weighted by Crippen LogP contribution is 2.65. The largest absolute Gasteiger partial charge is 0.324 e. The Labute approximate surface area is 201 Å². The molecule has 6 atom stereocenters. The second-order valence-electron chi connectivity index (χ2n) is 11.6. The number of nitrogens with one attached hydrogen (secondary N) is 1. The van der Waals surface area contributed by atoms with Crippen molar-refractivity contribution in [2.45, 2.75) is 65.7 Å². The fourth-order valence-electron chi connectivity index (χ4n) is 8.41. The van der Waals surface area contributed by atoms with Gasteiger partial charge in [-0.1, -0.05) is 31.9 Å². The normalized spacial score (nSPS) is 36.9. The maximum absolute atomic E-state index is 14.1. The number of anilines is 1. The predicted octanol–water partition coefficient (Wildman–Crippen LogP) is 5.63. The Hall–Kier alpha value is -2.68. The van der Waals surface area contributed by atoms with Gasteiger partial charge in [-0.15, -0.1) is 0 Å². The van der Waals surface area contributed by atoms with E-state index < -0.39 is 17.6 Å². The van der Waals surface area contributed by atoms with Crippen LogP contribution in [0.5, 0.6) is 0 Å². The topological polar surface area (TPSA) is 73.2 Å². The van der Waals surface area contributed by atoms with E-state index in [0.717, 1.165) is 18.5 Å². The Morgan fingerprint density at radius 1 is 1.24 bits per heavy atom. The molecule has 6 heteroatoms. The summed E-state index contributed by atoms with van der Waals surface area (Å²) in [5, 5.41) is 12.0. The first-order chi connectivity index (χ1) is 16.1. The lowest BCUT2D eigenvalue weighted by Gasteiger charge is -2.59. The first kappa shape index (κ1) is 23.1. The van der Waals surface area contributed by atoms with E-state index >= 15 is 0 Å². The summed E-state index contributed by atoms with van der Waals surface area (Å²) >= 11 is 0. The number of piperidine rings is 1. The van der Waals surface area contributed by atoms with Gasteiger partial charge in [0.05, 0.1) is 5.69 Å². The molecular formula is C28H34FN3O2. The number of nitrogens with zero attached hydrogens (tertiary/aromatic N) is 2. The standard InChI is InChI=1S/C28H34FN3O2/c1-16-13-17-20-7-6-11-27(20,2)12-10-21(17)28(3)14-18(26(34)32(4)24(16)28)25(33)31-23-9-5-8-22(29)19(23)15-30/h5,8-9,17-18,20-21H,6-7,10-14H2,1-4H3,(H,31,33)/t17-,18?,20-,21+,27-,28+/m0/s1. The fourth-order valence-corrected chi connectivity index (χ4v) is 8.41. The van der Waals surface area contributed by atoms with E-state index in [1.165, 1.54) is 49.5 Å². The number of fused-ring (bicyclic) bond motifs is 5. The first-order valence-corrected chi connectivity index (χ1v) is 12.6. The lowest BCUT2D eigenvalue weighted by molar-refractivity contribution is -0.147. The Balaban J connectivity index is 1.48. The van der Waals surface area contributed by atoms with Gasteiger partial charge in [0.2, 0.25) is 11.8 Å². The Morgan fingerprint density at radius 3 is 2.74 bits per heavy atom. The minimum atomic E-state index is -0.864. The minimum absolute atomic E-state index is 0.117. The van der Waals surface area contributed by atoms with Crippen molar-refractivity contribution in [2.75, 3.05) is 12.4 Å².